The average molecular weight is 251 g/mol. The van der Waals surface area contributed by atoms with Gasteiger partial charge in [0.05, 0.1) is 13.2 Å². The smallest absolute Gasteiger partial charge is 0.306 e. The SMILES string of the molecule is CCOC(=O)CCc1cccnc1NC(=O)CN. The maximum atomic E-state index is 11.3. The van der Waals surface area contributed by atoms with E-state index in [1.165, 1.54) is 0 Å². The number of pyridine rings is 1. The van der Waals surface area contributed by atoms with Crippen molar-refractivity contribution in [1.29, 1.82) is 0 Å². The van der Waals surface area contributed by atoms with Crippen molar-refractivity contribution in [2.24, 2.45) is 5.73 Å². The van der Waals surface area contributed by atoms with Gasteiger partial charge in [-0.1, -0.05) is 6.07 Å². The van der Waals surface area contributed by atoms with Gasteiger partial charge in [0.15, 0.2) is 0 Å². The van der Waals surface area contributed by atoms with E-state index in [2.05, 4.69) is 10.3 Å². The fraction of sp³-hybridized carbons (Fsp3) is 0.417. The number of hydrogen-bond donors (Lipinski definition) is 2. The summed E-state index contributed by atoms with van der Waals surface area (Å²) in [5.41, 5.74) is 6.00. The highest BCUT2D eigenvalue weighted by atomic mass is 16.5. The molecule has 0 aliphatic rings. The largest absolute Gasteiger partial charge is 0.466 e. The zero-order valence-corrected chi connectivity index (χ0v) is 10.3. The van der Waals surface area contributed by atoms with Gasteiger partial charge in [-0.05, 0) is 25.0 Å². The van der Waals surface area contributed by atoms with Crippen LogP contribution in [0, 0.1) is 0 Å². The summed E-state index contributed by atoms with van der Waals surface area (Å²) in [4.78, 5) is 26.5. The summed E-state index contributed by atoms with van der Waals surface area (Å²) < 4.78 is 4.84. The lowest BCUT2D eigenvalue weighted by molar-refractivity contribution is -0.143. The molecule has 0 radical (unpaired) electrons. The molecule has 1 amide bonds. The Kier molecular flexibility index (Phi) is 5.79. The highest BCUT2D eigenvalue weighted by molar-refractivity contribution is 5.91. The van der Waals surface area contributed by atoms with Crippen LogP contribution in [0.4, 0.5) is 5.82 Å². The lowest BCUT2D eigenvalue weighted by atomic mass is 10.1. The molecule has 0 aromatic carbocycles. The van der Waals surface area contributed by atoms with Crippen LogP contribution in [0.2, 0.25) is 0 Å². The van der Waals surface area contributed by atoms with E-state index in [0.717, 1.165) is 5.56 Å². The lowest BCUT2D eigenvalue weighted by Crippen LogP contribution is -2.23. The van der Waals surface area contributed by atoms with E-state index in [4.69, 9.17) is 10.5 Å². The highest BCUT2D eigenvalue weighted by Crippen LogP contribution is 2.13. The number of nitrogens with one attached hydrogen (secondary N) is 1. The van der Waals surface area contributed by atoms with Crippen molar-refractivity contribution in [3.8, 4) is 0 Å². The number of rotatable bonds is 6. The van der Waals surface area contributed by atoms with Crippen LogP contribution in [-0.2, 0) is 20.7 Å². The molecule has 0 bridgehead atoms. The monoisotopic (exact) mass is 251 g/mol. The van der Waals surface area contributed by atoms with E-state index in [0.29, 0.717) is 18.8 Å². The molecule has 6 nitrogen and oxygen atoms in total. The zero-order valence-electron chi connectivity index (χ0n) is 10.3. The van der Waals surface area contributed by atoms with Crippen LogP contribution in [0.3, 0.4) is 0 Å². The summed E-state index contributed by atoms with van der Waals surface area (Å²) in [5.74, 6) is -0.138. The minimum absolute atomic E-state index is 0.103. The summed E-state index contributed by atoms with van der Waals surface area (Å²) in [6.07, 6.45) is 2.29. The number of esters is 1. The van der Waals surface area contributed by atoms with Crippen LogP contribution in [-0.4, -0.2) is 30.0 Å². The molecule has 0 aliphatic heterocycles. The molecule has 98 valence electrons. The van der Waals surface area contributed by atoms with Crippen molar-refractivity contribution in [1.82, 2.24) is 4.98 Å². The molecule has 1 rings (SSSR count). The van der Waals surface area contributed by atoms with Gasteiger partial charge in [-0.2, -0.15) is 0 Å². The van der Waals surface area contributed by atoms with Crippen molar-refractivity contribution in [3.63, 3.8) is 0 Å². The number of anilines is 1. The van der Waals surface area contributed by atoms with E-state index in [-0.39, 0.29) is 24.8 Å². The van der Waals surface area contributed by atoms with Gasteiger partial charge in [-0.3, -0.25) is 9.59 Å². The van der Waals surface area contributed by atoms with Gasteiger partial charge in [0.2, 0.25) is 5.91 Å². The molecule has 0 atom stereocenters. The minimum Gasteiger partial charge on any atom is -0.466 e. The Hall–Kier alpha value is -1.95. The van der Waals surface area contributed by atoms with Crippen LogP contribution in [0.1, 0.15) is 18.9 Å². The minimum atomic E-state index is -0.314. The molecule has 3 N–H and O–H groups in total. The fourth-order valence-electron chi connectivity index (χ4n) is 1.41. The predicted molar refractivity (Wildman–Crippen MR) is 66.9 cm³/mol. The normalized spacial score (nSPS) is 9.89. The number of hydrogen-bond acceptors (Lipinski definition) is 5. The van der Waals surface area contributed by atoms with Crippen molar-refractivity contribution in [2.75, 3.05) is 18.5 Å². The van der Waals surface area contributed by atoms with E-state index < -0.39 is 0 Å². The predicted octanol–water partition coefficient (Wildman–Crippen LogP) is 0.475. The van der Waals surface area contributed by atoms with Gasteiger partial charge in [0.25, 0.3) is 0 Å². The van der Waals surface area contributed by atoms with Crippen molar-refractivity contribution in [3.05, 3.63) is 23.9 Å². The summed E-state index contributed by atoms with van der Waals surface area (Å²) in [6.45, 7) is 2.02. The van der Waals surface area contributed by atoms with Gasteiger partial charge in [-0.15, -0.1) is 0 Å². The first-order chi connectivity index (χ1) is 8.67. The van der Waals surface area contributed by atoms with Crippen LogP contribution < -0.4 is 11.1 Å². The van der Waals surface area contributed by atoms with E-state index in [1.807, 2.05) is 0 Å². The molecule has 0 saturated heterocycles. The Labute approximate surface area is 106 Å². The van der Waals surface area contributed by atoms with E-state index >= 15 is 0 Å². The molecule has 0 unspecified atom stereocenters. The van der Waals surface area contributed by atoms with Gasteiger partial charge in [0, 0.05) is 12.6 Å². The first kappa shape index (κ1) is 14.1. The third-order valence-electron chi connectivity index (χ3n) is 2.24. The Morgan fingerprint density at radius 1 is 1.50 bits per heavy atom. The third kappa shape index (κ3) is 4.50. The molecule has 1 aromatic heterocycles. The van der Waals surface area contributed by atoms with Crippen LogP contribution >= 0.6 is 0 Å². The molecule has 18 heavy (non-hydrogen) atoms. The summed E-state index contributed by atoms with van der Waals surface area (Å²) >= 11 is 0. The van der Waals surface area contributed by atoms with Gasteiger partial charge >= 0.3 is 5.97 Å². The maximum Gasteiger partial charge on any atom is 0.306 e. The van der Waals surface area contributed by atoms with E-state index in [1.54, 1.807) is 25.3 Å². The molecule has 0 aliphatic carbocycles. The number of nitrogens with two attached hydrogens (primary N) is 1. The van der Waals surface area contributed by atoms with Crippen LogP contribution in [0.15, 0.2) is 18.3 Å². The van der Waals surface area contributed by atoms with Gasteiger partial charge in [0.1, 0.15) is 5.82 Å². The summed E-state index contributed by atoms with van der Waals surface area (Å²) in [5, 5.41) is 2.59. The number of aryl methyl sites for hydroxylation is 1. The number of amides is 1. The lowest BCUT2D eigenvalue weighted by Gasteiger charge is -2.08. The van der Waals surface area contributed by atoms with E-state index in [9.17, 15) is 9.59 Å². The molecule has 0 fully saturated rings. The standard InChI is InChI=1S/C12H17N3O3/c1-2-18-11(17)6-5-9-4-3-7-14-12(9)15-10(16)8-13/h3-4,7H,2,5-6,8,13H2,1H3,(H,14,15,16). The van der Waals surface area contributed by atoms with Crippen molar-refractivity contribution >= 4 is 17.7 Å². The second-order valence-corrected chi connectivity index (χ2v) is 3.57. The number of carbonyl (C=O) groups excluding carboxylic acids is 2. The van der Waals surface area contributed by atoms with Crippen molar-refractivity contribution in [2.45, 2.75) is 19.8 Å². The number of carbonyl (C=O) groups is 2. The number of aromatic nitrogens is 1. The Morgan fingerprint density at radius 3 is 2.94 bits per heavy atom. The quantitative estimate of drug-likeness (QED) is 0.717. The maximum absolute atomic E-state index is 11.3. The Balaban J connectivity index is 2.64. The average Bonchev–Trinajstić information content (AvgIpc) is 2.38. The van der Waals surface area contributed by atoms with Gasteiger partial charge in [-0.25, -0.2) is 4.98 Å². The molecule has 6 heteroatoms. The number of nitrogens with zero attached hydrogens (tertiary/aromatic N) is 1. The third-order valence-corrected chi connectivity index (χ3v) is 2.24. The van der Waals surface area contributed by atoms with Crippen molar-refractivity contribution < 1.29 is 14.3 Å². The summed E-state index contributed by atoms with van der Waals surface area (Å²) in [7, 11) is 0. The topological polar surface area (TPSA) is 94.3 Å². The molecule has 1 aromatic rings. The Bertz CT molecular complexity index is 421. The van der Waals surface area contributed by atoms with Crippen LogP contribution in [0.5, 0.6) is 0 Å². The molecule has 0 saturated carbocycles. The first-order valence-electron chi connectivity index (χ1n) is 5.76. The van der Waals surface area contributed by atoms with Gasteiger partial charge < -0.3 is 15.8 Å². The second kappa shape index (κ2) is 7.39. The summed E-state index contributed by atoms with van der Waals surface area (Å²) in [6, 6.07) is 3.55. The van der Waals surface area contributed by atoms with Crippen LogP contribution in [0.25, 0.3) is 0 Å². The first-order valence-corrected chi connectivity index (χ1v) is 5.76. The molecule has 0 spiro atoms. The molecular weight excluding hydrogens is 234 g/mol. The highest BCUT2D eigenvalue weighted by Gasteiger charge is 2.09. The number of ether oxygens (including phenoxy) is 1. The fourth-order valence-corrected chi connectivity index (χ4v) is 1.41. The zero-order chi connectivity index (χ0) is 13.4. The second-order valence-electron chi connectivity index (χ2n) is 3.57. The molecular formula is C12H17N3O3. The Morgan fingerprint density at radius 2 is 2.28 bits per heavy atom. The molecule has 1 heterocycles.